The van der Waals surface area contributed by atoms with E-state index in [0.717, 1.165) is 23.3 Å². The maximum absolute atomic E-state index is 5.71. The Labute approximate surface area is 144 Å². The van der Waals surface area contributed by atoms with E-state index < -0.39 is 0 Å². The van der Waals surface area contributed by atoms with Crippen LogP contribution in [0.3, 0.4) is 0 Å². The molecule has 128 valence electrons. The third-order valence-corrected chi connectivity index (χ3v) is 3.57. The molecular formula is C21H26O3. The molecule has 0 aliphatic carbocycles. The second kappa shape index (κ2) is 10.6. The average Bonchev–Trinajstić information content (AvgIpc) is 2.62. The van der Waals surface area contributed by atoms with Crippen LogP contribution in [0.1, 0.15) is 23.6 Å². The molecule has 0 atom stereocenters. The van der Waals surface area contributed by atoms with Crippen molar-refractivity contribution >= 4 is 5.57 Å². The molecule has 3 heteroatoms. The van der Waals surface area contributed by atoms with Crippen molar-refractivity contribution in [3.63, 3.8) is 0 Å². The van der Waals surface area contributed by atoms with Crippen LogP contribution in [0.25, 0.3) is 5.57 Å². The normalized spacial score (nSPS) is 11.5. The first-order chi connectivity index (χ1) is 11.8. The number of benzene rings is 2. The smallest absolute Gasteiger partial charge is 0.111 e. The van der Waals surface area contributed by atoms with Gasteiger partial charge >= 0.3 is 0 Å². The summed E-state index contributed by atoms with van der Waals surface area (Å²) in [5.41, 5.74) is 4.60. The first-order valence-electron chi connectivity index (χ1n) is 8.41. The molecule has 0 N–H and O–H groups in total. The van der Waals surface area contributed by atoms with Crippen LogP contribution in [0, 0.1) is 6.92 Å². The lowest BCUT2D eigenvalue weighted by molar-refractivity contribution is 0.0343. The minimum atomic E-state index is 0.522. The first-order valence-corrected chi connectivity index (χ1v) is 8.41. The second-order valence-electron chi connectivity index (χ2n) is 5.44. The molecule has 0 bridgehead atoms. The number of hydrogen-bond acceptors (Lipinski definition) is 3. The van der Waals surface area contributed by atoms with E-state index in [1.165, 1.54) is 5.56 Å². The van der Waals surface area contributed by atoms with Gasteiger partial charge in [0.25, 0.3) is 0 Å². The highest BCUT2D eigenvalue weighted by Crippen LogP contribution is 2.23. The molecule has 0 aliphatic heterocycles. The molecule has 0 saturated heterocycles. The predicted octanol–water partition coefficient (Wildman–Crippen LogP) is 4.45. The van der Waals surface area contributed by atoms with Crippen molar-refractivity contribution in [1.29, 1.82) is 0 Å². The van der Waals surface area contributed by atoms with Crippen molar-refractivity contribution in [3.8, 4) is 0 Å². The molecule has 2 aromatic carbocycles. The summed E-state index contributed by atoms with van der Waals surface area (Å²) in [5.74, 6) is 0. The number of rotatable bonds is 10. The Morgan fingerprint density at radius 1 is 0.792 bits per heavy atom. The molecule has 0 aliphatic rings. The molecule has 0 amide bonds. The van der Waals surface area contributed by atoms with Gasteiger partial charge in [0.1, 0.15) is 6.61 Å². The van der Waals surface area contributed by atoms with E-state index in [0.29, 0.717) is 26.4 Å². The van der Waals surface area contributed by atoms with Crippen molar-refractivity contribution in [1.82, 2.24) is 0 Å². The summed E-state index contributed by atoms with van der Waals surface area (Å²) < 4.78 is 16.4. The Hall–Kier alpha value is -2.10. The molecule has 0 unspecified atom stereocenters. The van der Waals surface area contributed by atoms with Crippen molar-refractivity contribution in [3.05, 3.63) is 77.5 Å². The highest BCUT2D eigenvalue weighted by atomic mass is 16.5. The Balaban J connectivity index is 1.95. The van der Waals surface area contributed by atoms with Crippen LogP contribution in [-0.4, -0.2) is 33.0 Å². The monoisotopic (exact) mass is 326 g/mol. The van der Waals surface area contributed by atoms with Crippen molar-refractivity contribution in [2.45, 2.75) is 13.8 Å². The third-order valence-electron chi connectivity index (χ3n) is 3.57. The van der Waals surface area contributed by atoms with E-state index in [9.17, 15) is 0 Å². The van der Waals surface area contributed by atoms with Gasteiger partial charge in [-0.3, -0.25) is 0 Å². The van der Waals surface area contributed by atoms with Crippen molar-refractivity contribution in [2.24, 2.45) is 0 Å². The van der Waals surface area contributed by atoms with E-state index in [1.54, 1.807) is 0 Å². The van der Waals surface area contributed by atoms with Crippen LogP contribution in [0.2, 0.25) is 0 Å². The van der Waals surface area contributed by atoms with Crippen LogP contribution in [-0.2, 0) is 14.2 Å². The summed E-state index contributed by atoms with van der Waals surface area (Å²) in [6, 6.07) is 18.7. The lowest BCUT2D eigenvalue weighted by atomic mass is 9.98. The largest absolute Gasteiger partial charge is 0.498 e. The Morgan fingerprint density at radius 2 is 1.42 bits per heavy atom. The van der Waals surface area contributed by atoms with E-state index >= 15 is 0 Å². The van der Waals surface area contributed by atoms with E-state index in [1.807, 2.05) is 31.4 Å². The highest BCUT2D eigenvalue weighted by molar-refractivity contribution is 5.79. The molecule has 24 heavy (non-hydrogen) atoms. The lowest BCUT2D eigenvalue weighted by Crippen LogP contribution is -2.08. The maximum atomic E-state index is 5.71. The molecule has 0 fully saturated rings. The van der Waals surface area contributed by atoms with Gasteiger partial charge in [-0.05, 0) is 25.0 Å². The molecular weight excluding hydrogens is 300 g/mol. The topological polar surface area (TPSA) is 27.7 Å². The van der Waals surface area contributed by atoms with Crippen LogP contribution >= 0.6 is 0 Å². The quantitative estimate of drug-likeness (QED) is 0.477. The molecule has 2 aromatic rings. The molecule has 0 heterocycles. The summed E-state index contributed by atoms with van der Waals surface area (Å²) in [5, 5.41) is 0. The third kappa shape index (κ3) is 6.19. The van der Waals surface area contributed by atoms with E-state index in [4.69, 9.17) is 14.2 Å². The summed E-state index contributed by atoms with van der Waals surface area (Å²) in [6.07, 6.45) is 1.83. The summed E-state index contributed by atoms with van der Waals surface area (Å²) in [7, 11) is 0. The zero-order chi connectivity index (χ0) is 17.0. The second-order valence-corrected chi connectivity index (χ2v) is 5.44. The Morgan fingerprint density at radius 3 is 2.12 bits per heavy atom. The van der Waals surface area contributed by atoms with E-state index in [2.05, 4.69) is 43.3 Å². The highest BCUT2D eigenvalue weighted by Gasteiger charge is 2.05. The molecule has 3 nitrogen and oxygen atoms in total. The fourth-order valence-corrected chi connectivity index (χ4v) is 2.27. The lowest BCUT2D eigenvalue weighted by Gasteiger charge is -2.10. The van der Waals surface area contributed by atoms with Gasteiger partial charge in [-0.15, -0.1) is 0 Å². The fraction of sp³-hybridized carbons (Fsp3) is 0.333. The SMILES string of the molecule is CCOCCOCCO/C=C(\c1ccccc1)c1ccc(C)cc1. The fourth-order valence-electron chi connectivity index (χ4n) is 2.27. The zero-order valence-electron chi connectivity index (χ0n) is 14.5. The average molecular weight is 326 g/mol. The zero-order valence-corrected chi connectivity index (χ0v) is 14.5. The summed E-state index contributed by atoms with van der Waals surface area (Å²) in [6.45, 7) is 7.10. The van der Waals surface area contributed by atoms with E-state index in [-0.39, 0.29) is 0 Å². The molecule has 0 saturated carbocycles. The summed E-state index contributed by atoms with van der Waals surface area (Å²) >= 11 is 0. The Kier molecular flexibility index (Phi) is 8.08. The molecule has 2 rings (SSSR count). The standard InChI is InChI=1S/C21H26O3/c1-3-22-13-14-23-15-16-24-17-21(19-7-5-4-6-8-19)20-11-9-18(2)10-12-20/h4-12,17H,3,13-16H2,1-2H3/b21-17+. The van der Waals surface area contributed by atoms with Crippen molar-refractivity contribution in [2.75, 3.05) is 33.0 Å². The van der Waals surface area contributed by atoms with Gasteiger partial charge in [-0.25, -0.2) is 0 Å². The molecule has 0 spiro atoms. The molecule has 0 aromatic heterocycles. The van der Waals surface area contributed by atoms with Gasteiger partial charge in [0.15, 0.2) is 0 Å². The minimum Gasteiger partial charge on any atom is -0.498 e. The maximum Gasteiger partial charge on any atom is 0.111 e. The van der Waals surface area contributed by atoms with Crippen LogP contribution < -0.4 is 0 Å². The summed E-state index contributed by atoms with van der Waals surface area (Å²) in [4.78, 5) is 0. The van der Waals surface area contributed by atoms with Gasteiger partial charge in [0.05, 0.1) is 26.1 Å². The van der Waals surface area contributed by atoms with Crippen molar-refractivity contribution < 1.29 is 14.2 Å². The van der Waals surface area contributed by atoms with Gasteiger partial charge in [0.2, 0.25) is 0 Å². The van der Waals surface area contributed by atoms with Gasteiger partial charge in [-0.1, -0.05) is 60.2 Å². The van der Waals surface area contributed by atoms with Gasteiger partial charge in [-0.2, -0.15) is 0 Å². The molecule has 0 radical (unpaired) electrons. The van der Waals surface area contributed by atoms with Gasteiger partial charge in [0, 0.05) is 12.2 Å². The Bertz CT molecular complexity index is 603. The predicted molar refractivity (Wildman–Crippen MR) is 98.0 cm³/mol. The van der Waals surface area contributed by atoms with Crippen LogP contribution in [0.4, 0.5) is 0 Å². The van der Waals surface area contributed by atoms with Crippen LogP contribution in [0.5, 0.6) is 0 Å². The number of ether oxygens (including phenoxy) is 3. The first kappa shape index (κ1) is 18.2. The number of hydrogen-bond donors (Lipinski definition) is 0. The van der Waals surface area contributed by atoms with Gasteiger partial charge < -0.3 is 14.2 Å². The number of aryl methyl sites for hydroxylation is 1. The van der Waals surface area contributed by atoms with Crippen LogP contribution in [0.15, 0.2) is 60.9 Å². The minimum absolute atomic E-state index is 0.522.